The average Bonchev–Trinajstić information content (AvgIpc) is 2.46. The topological polar surface area (TPSA) is 56.3 Å². The van der Waals surface area contributed by atoms with Crippen molar-refractivity contribution in [3.8, 4) is 11.5 Å². The number of hydrogen-bond acceptors (Lipinski definition) is 5. The van der Waals surface area contributed by atoms with Crippen LogP contribution in [0.1, 0.15) is 25.6 Å². The van der Waals surface area contributed by atoms with Crippen LogP contribution in [-0.2, 0) is 0 Å². The van der Waals surface area contributed by atoms with Gasteiger partial charge in [0, 0.05) is 23.7 Å². The van der Waals surface area contributed by atoms with Crippen molar-refractivity contribution < 1.29 is 9.47 Å². The van der Waals surface area contributed by atoms with Crippen molar-refractivity contribution in [1.29, 1.82) is 0 Å². The monoisotopic (exact) mass is 307 g/mol. The summed E-state index contributed by atoms with van der Waals surface area (Å²) in [7, 11) is 3.20. The van der Waals surface area contributed by atoms with E-state index in [9.17, 15) is 0 Å². The molecule has 0 aliphatic heterocycles. The van der Waals surface area contributed by atoms with E-state index in [1.54, 1.807) is 20.3 Å². The molecule has 0 bridgehead atoms. The van der Waals surface area contributed by atoms with Gasteiger partial charge in [-0.1, -0.05) is 25.4 Å². The van der Waals surface area contributed by atoms with E-state index < -0.39 is 0 Å². The minimum atomic E-state index is 0.203. The Labute approximate surface area is 129 Å². The molecule has 2 aromatic rings. The van der Waals surface area contributed by atoms with Crippen molar-refractivity contribution in [3.63, 3.8) is 0 Å². The molecule has 0 amide bonds. The van der Waals surface area contributed by atoms with Crippen LogP contribution in [0.25, 0.3) is 0 Å². The second-order valence-electron chi connectivity index (χ2n) is 4.78. The van der Waals surface area contributed by atoms with Crippen molar-refractivity contribution in [2.45, 2.75) is 19.8 Å². The minimum absolute atomic E-state index is 0.203. The Morgan fingerprint density at radius 3 is 2.38 bits per heavy atom. The van der Waals surface area contributed by atoms with Gasteiger partial charge in [-0.05, 0) is 12.1 Å². The van der Waals surface area contributed by atoms with Gasteiger partial charge in [0.05, 0.1) is 14.2 Å². The minimum Gasteiger partial charge on any atom is -0.493 e. The Balaban J connectivity index is 2.29. The summed E-state index contributed by atoms with van der Waals surface area (Å²) >= 11 is 6.03. The molecule has 1 N–H and O–H groups in total. The molecule has 2 rings (SSSR count). The molecule has 5 nitrogen and oxygen atoms in total. The van der Waals surface area contributed by atoms with Gasteiger partial charge in [-0.15, -0.1) is 0 Å². The molecule has 0 radical (unpaired) electrons. The highest BCUT2D eigenvalue weighted by atomic mass is 35.5. The summed E-state index contributed by atoms with van der Waals surface area (Å²) in [5.41, 5.74) is 0.831. The van der Waals surface area contributed by atoms with Gasteiger partial charge in [0.25, 0.3) is 0 Å². The fourth-order valence-electron chi connectivity index (χ4n) is 1.82. The summed E-state index contributed by atoms with van der Waals surface area (Å²) in [6, 6.07) is 7.23. The number of methoxy groups -OCH3 is 2. The number of aromatic nitrogens is 2. The number of hydrogen-bond donors (Lipinski definition) is 1. The number of ether oxygens (including phenoxy) is 2. The van der Waals surface area contributed by atoms with E-state index in [-0.39, 0.29) is 5.92 Å². The number of benzene rings is 1. The van der Waals surface area contributed by atoms with Crippen molar-refractivity contribution >= 4 is 23.1 Å². The van der Waals surface area contributed by atoms with Crippen LogP contribution >= 0.6 is 11.6 Å². The second kappa shape index (κ2) is 6.63. The van der Waals surface area contributed by atoms with Crippen LogP contribution in [0.5, 0.6) is 11.5 Å². The Morgan fingerprint density at radius 1 is 1.05 bits per heavy atom. The molecule has 21 heavy (non-hydrogen) atoms. The molecule has 0 atom stereocenters. The molecule has 1 heterocycles. The third-order valence-corrected chi connectivity index (χ3v) is 3.08. The second-order valence-corrected chi connectivity index (χ2v) is 5.17. The van der Waals surface area contributed by atoms with E-state index in [0.29, 0.717) is 28.3 Å². The maximum Gasteiger partial charge on any atom is 0.162 e. The quantitative estimate of drug-likeness (QED) is 0.846. The molecule has 1 aromatic heterocycles. The van der Waals surface area contributed by atoms with Gasteiger partial charge in [0.1, 0.15) is 16.8 Å². The summed E-state index contributed by atoms with van der Waals surface area (Å²) in [4.78, 5) is 8.65. The molecule has 0 saturated carbocycles. The lowest BCUT2D eigenvalue weighted by Gasteiger charge is -2.12. The van der Waals surface area contributed by atoms with Crippen LogP contribution < -0.4 is 14.8 Å². The Hall–Kier alpha value is -2.01. The standard InChI is InChI=1S/C15H18ClN3O2/c1-9(2)15-18-13(16)8-14(19-15)17-10-5-6-11(20-3)12(7-10)21-4/h5-9H,1-4H3,(H,17,18,19). The van der Waals surface area contributed by atoms with Crippen molar-refractivity contribution in [2.75, 3.05) is 19.5 Å². The first-order valence-corrected chi connectivity index (χ1v) is 6.94. The van der Waals surface area contributed by atoms with E-state index >= 15 is 0 Å². The number of anilines is 2. The third-order valence-electron chi connectivity index (χ3n) is 2.88. The predicted molar refractivity (Wildman–Crippen MR) is 84.0 cm³/mol. The molecular formula is C15H18ClN3O2. The highest BCUT2D eigenvalue weighted by Crippen LogP contribution is 2.31. The fraction of sp³-hybridized carbons (Fsp3) is 0.333. The van der Waals surface area contributed by atoms with Crippen molar-refractivity contribution in [2.24, 2.45) is 0 Å². The van der Waals surface area contributed by atoms with Crippen LogP contribution in [0, 0.1) is 0 Å². The molecule has 0 unspecified atom stereocenters. The van der Waals surface area contributed by atoms with Crippen molar-refractivity contribution in [1.82, 2.24) is 9.97 Å². The maximum atomic E-state index is 6.03. The van der Waals surface area contributed by atoms with Crippen LogP contribution in [0.4, 0.5) is 11.5 Å². The third kappa shape index (κ3) is 3.76. The number of nitrogens with one attached hydrogen (secondary N) is 1. The van der Waals surface area contributed by atoms with E-state index in [1.807, 2.05) is 32.0 Å². The highest BCUT2D eigenvalue weighted by Gasteiger charge is 2.09. The lowest BCUT2D eigenvalue weighted by molar-refractivity contribution is 0.355. The van der Waals surface area contributed by atoms with Crippen LogP contribution in [-0.4, -0.2) is 24.2 Å². The van der Waals surface area contributed by atoms with E-state index in [2.05, 4.69) is 15.3 Å². The summed E-state index contributed by atoms with van der Waals surface area (Å²) < 4.78 is 10.5. The fourth-order valence-corrected chi connectivity index (χ4v) is 2.01. The van der Waals surface area contributed by atoms with E-state index in [0.717, 1.165) is 5.69 Å². The van der Waals surface area contributed by atoms with Gasteiger partial charge >= 0.3 is 0 Å². The Bertz CT molecular complexity index is 632. The first kappa shape index (κ1) is 15.4. The Morgan fingerprint density at radius 2 is 1.76 bits per heavy atom. The first-order chi connectivity index (χ1) is 10.0. The predicted octanol–water partition coefficient (Wildman–Crippen LogP) is 4.01. The highest BCUT2D eigenvalue weighted by molar-refractivity contribution is 6.29. The molecule has 0 saturated heterocycles. The smallest absolute Gasteiger partial charge is 0.162 e. The Kier molecular flexibility index (Phi) is 4.85. The first-order valence-electron chi connectivity index (χ1n) is 6.57. The molecule has 112 valence electrons. The molecule has 0 spiro atoms. The number of halogens is 1. The van der Waals surface area contributed by atoms with Gasteiger partial charge in [-0.2, -0.15) is 0 Å². The molecule has 6 heteroatoms. The van der Waals surface area contributed by atoms with Gasteiger partial charge in [-0.3, -0.25) is 0 Å². The number of rotatable bonds is 5. The van der Waals surface area contributed by atoms with E-state index in [4.69, 9.17) is 21.1 Å². The lowest BCUT2D eigenvalue weighted by atomic mass is 10.2. The van der Waals surface area contributed by atoms with Gasteiger partial charge in [-0.25, -0.2) is 9.97 Å². The van der Waals surface area contributed by atoms with Crippen molar-refractivity contribution in [3.05, 3.63) is 35.2 Å². The van der Waals surface area contributed by atoms with Gasteiger partial charge < -0.3 is 14.8 Å². The maximum absolute atomic E-state index is 6.03. The number of nitrogens with zero attached hydrogens (tertiary/aromatic N) is 2. The summed E-state index contributed by atoms with van der Waals surface area (Å²) in [6.45, 7) is 4.04. The molecule has 1 aromatic carbocycles. The summed E-state index contributed by atoms with van der Waals surface area (Å²) in [6.07, 6.45) is 0. The zero-order chi connectivity index (χ0) is 15.4. The largest absolute Gasteiger partial charge is 0.493 e. The molecular weight excluding hydrogens is 290 g/mol. The van der Waals surface area contributed by atoms with Crippen LogP contribution in [0.15, 0.2) is 24.3 Å². The lowest BCUT2D eigenvalue weighted by Crippen LogP contribution is -2.02. The summed E-state index contributed by atoms with van der Waals surface area (Å²) in [5.74, 6) is 2.87. The zero-order valence-corrected chi connectivity index (χ0v) is 13.2. The molecule has 0 fully saturated rings. The zero-order valence-electron chi connectivity index (χ0n) is 12.5. The van der Waals surface area contributed by atoms with E-state index in [1.165, 1.54) is 0 Å². The van der Waals surface area contributed by atoms with Gasteiger partial charge in [0.15, 0.2) is 11.5 Å². The molecule has 0 aliphatic carbocycles. The van der Waals surface area contributed by atoms with Crippen LogP contribution in [0.3, 0.4) is 0 Å². The molecule has 0 aliphatic rings. The summed E-state index contributed by atoms with van der Waals surface area (Å²) in [5, 5.41) is 3.61. The van der Waals surface area contributed by atoms with Crippen LogP contribution in [0.2, 0.25) is 5.15 Å². The normalized spacial score (nSPS) is 10.6. The van der Waals surface area contributed by atoms with Gasteiger partial charge in [0.2, 0.25) is 0 Å². The SMILES string of the molecule is COc1ccc(Nc2cc(Cl)nc(C(C)C)n2)cc1OC. The average molecular weight is 308 g/mol.